The van der Waals surface area contributed by atoms with Gasteiger partial charge in [0.1, 0.15) is 11.6 Å². The van der Waals surface area contributed by atoms with Gasteiger partial charge in [0, 0.05) is 24.7 Å². The van der Waals surface area contributed by atoms with Crippen LogP contribution in [0.1, 0.15) is 32.5 Å². The number of hydrogen-bond acceptors (Lipinski definition) is 3. The second-order valence-electron chi connectivity index (χ2n) is 6.13. The Morgan fingerprint density at radius 3 is 2.80 bits per heavy atom. The van der Waals surface area contributed by atoms with Crippen molar-refractivity contribution in [1.82, 2.24) is 14.3 Å². The van der Waals surface area contributed by atoms with Crippen LogP contribution in [0.5, 0.6) is 5.75 Å². The highest BCUT2D eigenvalue weighted by Gasteiger charge is 2.22. The molecule has 1 N–H and O–H groups in total. The number of aromatic hydroxyl groups is 1. The van der Waals surface area contributed by atoms with Gasteiger partial charge in [0.25, 0.3) is 0 Å². The van der Waals surface area contributed by atoms with E-state index in [1.165, 1.54) is 25.9 Å². The second-order valence-corrected chi connectivity index (χ2v) is 6.13. The number of likely N-dealkylation sites (tertiary alicyclic amines) is 1. The van der Waals surface area contributed by atoms with Gasteiger partial charge < -0.3 is 14.4 Å². The number of hydrogen-bond donors (Lipinski definition) is 1. The fraction of sp³-hybridized carbons (Fsp3) is 0.562. The topological polar surface area (TPSA) is 40.8 Å². The fourth-order valence-electron chi connectivity index (χ4n) is 3.13. The first-order valence-corrected chi connectivity index (χ1v) is 7.52. The highest BCUT2D eigenvalue weighted by Crippen LogP contribution is 2.23. The third-order valence-electron chi connectivity index (χ3n) is 4.44. The van der Waals surface area contributed by atoms with Crippen molar-refractivity contribution in [2.24, 2.45) is 5.92 Å². The van der Waals surface area contributed by atoms with E-state index in [1.807, 2.05) is 12.4 Å². The SMILES string of the molecule is CC(C)N1CCC(Cc2ncc3cc(O)ccn23)CC1. The molecule has 1 aliphatic heterocycles. The highest BCUT2D eigenvalue weighted by molar-refractivity contribution is 5.50. The van der Waals surface area contributed by atoms with Gasteiger partial charge in [-0.05, 0) is 51.8 Å². The molecule has 1 saturated heterocycles. The van der Waals surface area contributed by atoms with Crippen molar-refractivity contribution in [3.8, 4) is 5.75 Å². The van der Waals surface area contributed by atoms with E-state index < -0.39 is 0 Å². The molecule has 0 saturated carbocycles. The van der Waals surface area contributed by atoms with Gasteiger partial charge in [0.05, 0.1) is 11.7 Å². The minimum absolute atomic E-state index is 0.300. The third kappa shape index (κ3) is 2.66. The zero-order valence-corrected chi connectivity index (χ0v) is 12.3. The van der Waals surface area contributed by atoms with Crippen LogP contribution in [-0.4, -0.2) is 38.5 Å². The fourth-order valence-corrected chi connectivity index (χ4v) is 3.13. The summed E-state index contributed by atoms with van der Waals surface area (Å²) in [6.45, 7) is 6.95. The molecule has 3 heterocycles. The van der Waals surface area contributed by atoms with Gasteiger partial charge in [-0.2, -0.15) is 0 Å². The first kappa shape index (κ1) is 13.4. The number of nitrogens with zero attached hydrogens (tertiary/aromatic N) is 3. The Hall–Kier alpha value is -1.55. The molecule has 1 aliphatic rings. The van der Waals surface area contributed by atoms with Crippen molar-refractivity contribution in [3.63, 3.8) is 0 Å². The first-order valence-electron chi connectivity index (χ1n) is 7.52. The van der Waals surface area contributed by atoms with Crippen molar-refractivity contribution in [2.75, 3.05) is 13.1 Å². The molecule has 3 rings (SSSR count). The van der Waals surface area contributed by atoms with Crippen LogP contribution in [0.4, 0.5) is 0 Å². The molecular formula is C16H23N3O. The van der Waals surface area contributed by atoms with E-state index in [9.17, 15) is 5.11 Å². The first-order chi connectivity index (χ1) is 9.63. The van der Waals surface area contributed by atoms with Crippen LogP contribution >= 0.6 is 0 Å². The molecule has 0 atom stereocenters. The van der Waals surface area contributed by atoms with Gasteiger partial charge in [-0.15, -0.1) is 0 Å². The van der Waals surface area contributed by atoms with E-state index in [4.69, 9.17) is 0 Å². The largest absolute Gasteiger partial charge is 0.508 e. The number of pyridine rings is 1. The minimum Gasteiger partial charge on any atom is -0.508 e. The molecule has 0 unspecified atom stereocenters. The van der Waals surface area contributed by atoms with Crippen LogP contribution in [0.25, 0.3) is 5.52 Å². The quantitative estimate of drug-likeness (QED) is 0.934. The van der Waals surface area contributed by atoms with E-state index in [-0.39, 0.29) is 0 Å². The standard InChI is InChI=1S/C16H23N3O/c1-12(2)18-6-3-13(4-7-18)9-16-17-11-14-10-15(20)5-8-19(14)16/h5,8,10-13,20H,3-4,6-7,9H2,1-2H3. The lowest BCUT2D eigenvalue weighted by Crippen LogP contribution is -2.38. The van der Waals surface area contributed by atoms with E-state index in [1.54, 1.807) is 12.1 Å². The van der Waals surface area contributed by atoms with Crippen LogP contribution in [0.15, 0.2) is 24.5 Å². The summed E-state index contributed by atoms with van der Waals surface area (Å²) in [7, 11) is 0. The molecule has 0 spiro atoms. The van der Waals surface area contributed by atoms with E-state index in [2.05, 4.69) is 28.1 Å². The van der Waals surface area contributed by atoms with E-state index in [0.717, 1.165) is 23.7 Å². The lowest BCUT2D eigenvalue weighted by Gasteiger charge is -2.34. The molecule has 108 valence electrons. The van der Waals surface area contributed by atoms with E-state index in [0.29, 0.717) is 11.8 Å². The van der Waals surface area contributed by atoms with Gasteiger partial charge in [-0.1, -0.05) is 0 Å². The van der Waals surface area contributed by atoms with Crippen molar-refractivity contribution >= 4 is 5.52 Å². The average Bonchev–Trinajstić information content (AvgIpc) is 2.81. The summed E-state index contributed by atoms with van der Waals surface area (Å²) in [5.41, 5.74) is 0.972. The van der Waals surface area contributed by atoms with Gasteiger partial charge in [-0.25, -0.2) is 4.98 Å². The van der Waals surface area contributed by atoms with Gasteiger partial charge in [0.15, 0.2) is 0 Å². The molecule has 0 bridgehead atoms. The lowest BCUT2D eigenvalue weighted by molar-refractivity contribution is 0.148. The second kappa shape index (κ2) is 5.44. The van der Waals surface area contributed by atoms with E-state index >= 15 is 0 Å². The van der Waals surface area contributed by atoms with Crippen LogP contribution in [0, 0.1) is 5.92 Å². The molecule has 4 heteroatoms. The molecule has 20 heavy (non-hydrogen) atoms. The Bertz CT molecular complexity index is 582. The summed E-state index contributed by atoms with van der Waals surface area (Å²) < 4.78 is 2.09. The molecule has 0 aromatic carbocycles. The third-order valence-corrected chi connectivity index (χ3v) is 4.44. The summed E-state index contributed by atoms with van der Waals surface area (Å²) in [4.78, 5) is 7.08. The number of piperidine rings is 1. The summed E-state index contributed by atoms with van der Waals surface area (Å²) in [5, 5.41) is 9.50. The van der Waals surface area contributed by atoms with Crippen LogP contribution in [-0.2, 0) is 6.42 Å². The maximum absolute atomic E-state index is 9.50. The molecule has 1 fully saturated rings. The number of fused-ring (bicyclic) bond motifs is 1. The number of imidazole rings is 1. The normalized spacial score (nSPS) is 18.1. The molecular weight excluding hydrogens is 250 g/mol. The van der Waals surface area contributed by atoms with Crippen LogP contribution < -0.4 is 0 Å². The predicted octanol–water partition coefficient (Wildman–Crippen LogP) is 2.70. The molecule has 0 aliphatic carbocycles. The minimum atomic E-state index is 0.300. The predicted molar refractivity (Wildman–Crippen MR) is 80.0 cm³/mol. The summed E-state index contributed by atoms with van der Waals surface area (Å²) in [6.07, 6.45) is 7.30. The summed E-state index contributed by atoms with van der Waals surface area (Å²) >= 11 is 0. The maximum atomic E-state index is 9.50. The Balaban J connectivity index is 1.68. The zero-order valence-electron chi connectivity index (χ0n) is 12.3. The van der Waals surface area contributed by atoms with Crippen molar-refractivity contribution in [3.05, 3.63) is 30.4 Å². The summed E-state index contributed by atoms with van der Waals surface area (Å²) in [5.74, 6) is 2.14. The highest BCUT2D eigenvalue weighted by atomic mass is 16.3. The maximum Gasteiger partial charge on any atom is 0.119 e. The lowest BCUT2D eigenvalue weighted by atomic mass is 9.92. The molecule has 0 radical (unpaired) electrons. The monoisotopic (exact) mass is 273 g/mol. The smallest absolute Gasteiger partial charge is 0.119 e. The Labute approximate surface area is 120 Å². The van der Waals surface area contributed by atoms with Crippen molar-refractivity contribution in [1.29, 1.82) is 0 Å². The number of rotatable bonds is 3. The Morgan fingerprint density at radius 1 is 1.35 bits per heavy atom. The Morgan fingerprint density at radius 2 is 2.10 bits per heavy atom. The Kier molecular flexibility index (Phi) is 3.66. The van der Waals surface area contributed by atoms with Gasteiger partial charge >= 0.3 is 0 Å². The summed E-state index contributed by atoms with van der Waals surface area (Å²) in [6, 6.07) is 4.14. The van der Waals surface area contributed by atoms with Gasteiger partial charge in [-0.3, -0.25) is 0 Å². The van der Waals surface area contributed by atoms with Crippen molar-refractivity contribution in [2.45, 2.75) is 39.2 Å². The molecule has 4 nitrogen and oxygen atoms in total. The van der Waals surface area contributed by atoms with Crippen LogP contribution in [0.3, 0.4) is 0 Å². The van der Waals surface area contributed by atoms with Gasteiger partial charge in [0.2, 0.25) is 0 Å². The van der Waals surface area contributed by atoms with Crippen molar-refractivity contribution < 1.29 is 5.11 Å². The number of aromatic nitrogens is 2. The molecule has 2 aromatic rings. The molecule has 2 aromatic heterocycles. The zero-order chi connectivity index (χ0) is 14.1. The average molecular weight is 273 g/mol. The van der Waals surface area contributed by atoms with Crippen LogP contribution in [0.2, 0.25) is 0 Å². The molecule has 0 amide bonds.